The molecule has 2 aromatic heterocycles. The Morgan fingerprint density at radius 2 is 1.93 bits per heavy atom. The predicted molar refractivity (Wildman–Crippen MR) is 115 cm³/mol. The van der Waals surface area contributed by atoms with Gasteiger partial charge in [-0.15, -0.1) is 11.3 Å². The molecule has 140 valence electrons. The number of nitrogens with one attached hydrogen (secondary N) is 1. The normalized spacial score (nSPS) is 16.3. The fourth-order valence-electron chi connectivity index (χ4n) is 4.16. The largest absolute Gasteiger partial charge is 0.356 e. The van der Waals surface area contributed by atoms with E-state index in [0.29, 0.717) is 18.0 Å². The number of H-pyrrole nitrogens is 1. The van der Waals surface area contributed by atoms with Crippen LogP contribution in [0.25, 0.3) is 10.9 Å². The molecule has 0 bridgehead atoms. The van der Waals surface area contributed by atoms with Crippen LogP contribution >= 0.6 is 22.9 Å². The van der Waals surface area contributed by atoms with Gasteiger partial charge < -0.3 is 9.88 Å². The molecular formula is C23H19ClN2OS. The maximum absolute atomic E-state index is 13.2. The minimum Gasteiger partial charge on any atom is -0.356 e. The number of carbonyl (C=O) groups is 1. The Kier molecular flexibility index (Phi) is 4.46. The highest BCUT2D eigenvalue weighted by molar-refractivity contribution is 7.10. The van der Waals surface area contributed by atoms with Crippen LogP contribution in [0.15, 0.2) is 66.0 Å². The van der Waals surface area contributed by atoms with Crippen molar-refractivity contribution in [2.75, 3.05) is 6.54 Å². The van der Waals surface area contributed by atoms with Crippen molar-refractivity contribution in [3.05, 3.63) is 92.8 Å². The Morgan fingerprint density at radius 1 is 1.11 bits per heavy atom. The Hall–Kier alpha value is -2.56. The number of aromatic amines is 1. The van der Waals surface area contributed by atoms with E-state index in [1.165, 1.54) is 10.9 Å². The second-order valence-electron chi connectivity index (χ2n) is 7.11. The number of amides is 1. The first-order valence-electron chi connectivity index (χ1n) is 9.37. The van der Waals surface area contributed by atoms with E-state index in [4.69, 9.17) is 11.6 Å². The second kappa shape index (κ2) is 7.12. The van der Waals surface area contributed by atoms with Gasteiger partial charge in [-0.25, -0.2) is 0 Å². The number of nitrogens with zero attached hydrogens (tertiary/aromatic N) is 1. The minimum atomic E-state index is -0.124. The highest BCUT2D eigenvalue weighted by atomic mass is 35.5. The predicted octanol–water partition coefficient (Wildman–Crippen LogP) is 5.60. The molecule has 1 N–H and O–H groups in total. The topological polar surface area (TPSA) is 36.1 Å². The van der Waals surface area contributed by atoms with Crippen LogP contribution in [0.2, 0.25) is 5.02 Å². The Morgan fingerprint density at radius 3 is 2.71 bits per heavy atom. The average molecular weight is 407 g/mol. The Balaban J connectivity index is 1.60. The smallest absolute Gasteiger partial charge is 0.228 e. The van der Waals surface area contributed by atoms with Crippen LogP contribution in [-0.4, -0.2) is 22.3 Å². The number of benzene rings is 2. The number of carbonyl (C=O) groups excluding carboxylic acids is 1. The average Bonchev–Trinajstić information content (AvgIpc) is 3.35. The standard InChI is InChI=1S/C23H19ClN2OS/c24-16-9-7-15(8-10-16)23-22-19(18-5-1-2-6-20(18)25-22)11-12-26(23)21(27)14-17-4-3-13-28-17/h1-10,13,23,25H,11-12,14H2/t23-/m1/s1. The molecule has 3 nitrogen and oxygen atoms in total. The van der Waals surface area contributed by atoms with E-state index in [0.717, 1.165) is 28.1 Å². The van der Waals surface area contributed by atoms with Crippen LogP contribution in [0, 0.1) is 0 Å². The van der Waals surface area contributed by atoms with Crippen LogP contribution < -0.4 is 0 Å². The first-order valence-corrected chi connectivity index (χ1v) is 10.6. The molecule has 0 saturated heterocycles. The van der Waals surface area contributed by atoms with Crippen LogP contribution in [-0.2, 0) is 17.6 Å². The van der Waals surface area contributed by atoms with Gasteiger partial charge in [0.05, 0.1) is 12.5 Å². The van der Waals surface area contributed by atoms with Crippen LogP contribution in [0.1, 0.15) is 27.7 Å². The number of fused-ring (bicyclic) bond motifs is 3. The number of para-hydroxylation sites is 1. The fourth-order valence-corrected chi connectivity index (χ4v) is 4.99. The van der Waals surface area contributed by atoms with Gasteiger partial charge in [-0.05, 0) is 47.2 Å². The number of aromatic nitrogens is 1. The number of rotatable bonds is 3. The maximum Gasteiger partial charge on any atom is 0.228 e. The van der Waals surface area contributed by atoms with Gasteiger partial charge in [-0.3, -0.25) is 4.79 Å². The molecule has 0 spiro atoms. The zero-order chi connectivity index (χ0) is 19.1. The van der Waals surface area contributed by atoms with Crippen LogP contribution in [0.3, 0.4) is 0 Å². The summed E-state index contributed by atoms with van der Waals surface area (Å²) in [6.45, 7) is 0.715. The van der Waals surface area contributed by atoms with Crippen molar-refractivity contribution in [1.82, 2.24) is 9.88 Å². The van der Waals surface area contributed by atoms with E-state index < -0.39 is 0 Å². The molecule has 28 heavy (non-hydrogen) atoms. The van der Waals surface area contributed by atoms with Gasteiger partial charge in [-0.1, -0.05) is 48.0 Å². The zero-order valence-corrected chi connectivity index (χ0v) is 16.8. The van der Waals surface area contributed by atoms with E-state index in [1.54, 1.807) is 11.3 Å². The van der Waals surface area contributed by atoms with Crippen LogP contribution in [0.5, 0.6) is 0 Å². The molecule has 0 saturated carbocycles. The van der Waals surface area contributed by atoms with E-state index in [2.05, 4.69) is 23.2 Å². The quantitative estimate of drug-likeness (QED) is 0.472. The molecular weight excluding hydrogens is 388 g/mol. The number of hydrogen-bond acceptors (Lipinski definition) is 2. The molecule has 5 rings (SSSR count). The van der Waals surface area contributed by atoms with Gasteiger partial charge in [0.1, 0.15) is 0 Å². The third kappa shape index (κ3) is 3.03. The maximum atomic E-state index is 13.2. The third-order valence-corrected chi connectivity index (χ3v) is 6.57. The summed E-state index contributed by atoms with van der Waals surface area (Å²) in [6, 6.07) is 20.1. The zero-order valence-electron chi connectivity index (χ0n) is 15.2. The van der Waals surface area contributed by atoms with Gasteiger partial charge in [0.25, 0.3) is 0 Å². The Labute approximate surface area is 172 Å². The van der Waals surface area contributed by atoms with Crippen molar-refractivity contribution in [2.24, 2.45) is 0 Å². The lowest BCUT2D eigenvalue weighted by atomic mass is 9.92. The van der Waals surface area contributed by atoms with Crippen molar-refractivity contribution >= 4 is 39.7 Å². The summed E-state index contributed by atoms with van der Waals surface area (Å²) in [5.74, 6) is 0.159. The molecule has 4 aromatic rings. The first-order chi connectivity index (χ1) is 13.7. The first kappa shape index (κ1) is 17.5. The lowest BCUT2D eigenvalue weighted by Gasteiger charge is -2.36. The van der Waals surface area contributed by atoms with Gasteiger partial charge in [-0.2, -0.15) is 0 Å². The SMILES string of the molecule is O=C(Cc1cccs1)N1CCc2c([nH]c3ccccc23)[C@H]1c1ccc(Cl)cc1. The number of halogens is 1. The van der Waals surface area contributed by atoms with E-state index >= 15 is 0 Å². The summed E-state index contributed by atoms with van der Waals surface area (Å²) in [5, 5.41) is 3.97. The molecule has 1 aliphatic heterocycles. The van der Waals surface area contributed by atoms with Gasteiger partial charge >= 0.3 is 0 Å². The van der Waals surface area contributed by atoms with E-state index in [1.807, 2.05) is 52.7 Å². The summed E-state index contributed by atoms with van der Waals surface area (Å²) in [7, 11) is 0. The van der Waals surface area contributed by atoms with E-state index in [9.17, 15) is 4.79 Å². The van der Waals surface area contributed by atoms with Crippen LogP contribution in [0.4, 0.5) is 0 Å². The van der Waals surface area contributed by atoms with Gasteiger partial charge in [0.15, 0.2) is 0 Å². The van der Waals surface area contributed by atoms with Crippen molar-refractivity contribution in [2.45, 2.75) is 18.9 Å². The highest BCUT2D eigenvalue weighted by Crippen LogP contribution is 2.39. The van der Waals surface area contributed by atoms with E-state index in [-0.39, 0.29) is 11.9 Å². The highest BCUT2D eigenvalue weighted by Gasteiger charge is 2.34. The van der Waals surface area contributed by atoms with Crippen molar-refractivity contribution < 1.29 is 4.79 Å². The molecule has 1 aliphatic rings. The molecule has 0 radical (unpaired) electrons. The molecule has 0 unspecified atom stereocenters. The molecule has 1 amide bonds. The second-order valence-corrected chi connectivity index (χ2v) is 8.58. The lowest BCUT2D eigenvalue weighted by Crippen LogP contribution is -2.41. The number of hydrogen-bond donors (Lipinski definition) is 1. The molecule has 5 heteroatoms. The lowest BCUT2D eigenvalue weighted by molar-refractivity contribution is -0.132. The molecule has 1 atom stereocenters. The van der Waals surface area contributed by atoms with Gasteiger partial charge in [0, 0.05) is 33.0 Å². The fraction of sp³-hybridized carbons (Fsp3) is 0.174. The molecule has 2 aromatic carbocycles. The summed E-state index contributed by atoms with van der Waals surface area (Å²) in [4.78, 5) is 19.9. The van der Waals surface area contributed by atoms with Crippen molar-refractivity contribution in [1.29, 1.82) is 0 Å². The Bertz CT molecular complexity index is 1130. The van der Waals surface area contributed by atoms with Crippen molar-refractivity contribution in [3.63, 3.8) is 0 Å². The summed E-state index contributed by atoms with van der Waals surface area (Å²) in [5.41, 5.74) is 4.64. The monoisotopic (exact) mass is 406 g/mol. The van der Waals surface area contributed by atoms with Gasteiger partial charge in [0.2, 0.25) is 5.91 Å². The summed E-state index contributed by atoms with van der Waals surface area (Å²) in [6.07, 6.45) is 1.30. The molecule has 3 heterocycles. The number of thiophene rings is 1. The molecule has 0 fully saturated rings. The summed E-state index contributed by atoms with van der Waals surface area (Å²) < 4.78 is 0. The summed E-state index contributed by atoms with van der Waals surface area (Å²) >= 11 is 7.75. The third-order valence-electron chi connectivity index (χ3n) is 5.45. The van der Waals surface area contributed by atoms with Crippen molar-refractivity contribution in [3.8, 4) is 0 Å². The molecule has 0 aliphatic carbocycles. The minimum absolute atomic E-state index is 0.124.